The summed E-state index contributed by atoms with van der Waals surface area (Å²) in [6.07, 6.45) is 4.67. The van der Waals surface area contributed by atoms with Gasteiger partial charge in [0.05, 0.1) is 6.61 Å². The van der Waals surface area contributed by atoms with Gasteiger partial charge in [-0.15, -0.1) is 0 Å². The van der Waals surface area contributed by atoms with Crippen molar-refractivity contribution in [3.05, 3.63) is 0 Å². The molecule has 1 heterocycles. The van der Waals surface area contributed by atoms with Gasteiger partial charge in [-0.3, -0.25) is 0 Å². The van der Waals surface area contributed by atoms with E-state index in [1.165, 1.54) is 12.8 Å². The summed E-state index contributed by atoms with van der Waals surface area (Å²) in [5, 5.41) is 0. The molecule has 1 fully saturated rings. The third kappa shape index (κ3) is 2.27. The largest absolute Gasteiger partial charge is 0.380 e. The third-order valence-electron chi connectivity index (χ3n) is 3.58. The van der Waals surface area contributed by atoms with Crippen LogP contribution in [0.3, 0.4) is 0 Å². The molecule has 1 aliphatic rings. The summed E-state index contributed by atoms with van der Waals surface area (Å²) in [4.78, 5) is 0. The van der Waals surface area contributed by atoms with Crippen LogP contribution in [0.15, 0.2) is 0 Å². The fraction of sp³-hybridized carbons (Fsp3) is 1.00. The van der Waals surface area contributed by atoms with E-state index in [4.69, 9.17) is 4.74 Å². The first-order valence-corrected chi connectivity index (χ1v) is 6.81. The molecule has 1 rings (SSSR count). The van der Waals surface area contributed by atoms with E-state index in [0.29, 0.717) is 10.2 Å². The molecule has 1 nitrogen and oxygen atoms in total. The third-order valence-corrected chi connectivity index (χ3v) is 5.09. The zero-order valence-corrected chi connectivity index (χ0v) is 11.0. The molecule has 84 valence electrons. The Morgan fingerprint density at radius 3 is 2.43 bits per heavy atom. The van der Waals surface area contributed by atoms with Crippen molar-refractivity contribution in [2.24, 2.45) is 11.3 Å². The zero-order valence-electron chi connectivity index (χ0n) is 10.2. The van der Waals surface area contributed by atoms with Gasteiger partial charge in [0.15, 0.2) is 0 Å². The summed E-state index contributed by atoms with van der Waals surface area (Å²) in [5.74, 6) is 0.781. The monoisotopic (exact) mass is 216 g/mol. The first-order valence-electron chi connectivity index (χ1n) is 5.59. The molecule has 14 heavy (non-hydrogen) atoms. The lowest BCUT2D eigenvalue weighted by molar-refractivity contribution is -0.00586. The minimum Gasteiger partial charge on any atom is -0.380 e. The summed E-state index contributed by atoms with van der Waals surface area (Å²) < 4.78 is 6.03. The predicted octanol–water partition coefficient (Wildman–Crippen LogP) is 3.58. The van der Waals surface area contributed by atoms with Crippen molar-refractivity contribution < 1.29 is 4.74 Å². The molecule has 0 bridgehead atoms. The Morgan fingerprint density at radius 1 is 1.43 bits per heavy atom. The molecule has 0 aromatic rings. The lowest BCUT2D eigenvalue weighted by atomic mass is 9.69. The van der Waals surface area contributed by atoms with Crippen molar-refractivity contribution in [2.75, 3.05) is 19.5 Å². The van der Waals surface area contributed by atoms with E-state index in [2.05, 4.69) is 34.0 Å². The van der Waals surface area contributed by atoms with Crippen LogP contribution < -0.4 is 0 Å². The van der Waals surface area contributed by atoms with Crippen LogP contribution in [0.25, 0.3) is 0 Å². The van der Waals surface area contributed by atoms with E-state index in [1.54, 1.807) is 0 Å². The van der Waals surface area contributed by atoms with Gasteiger partial charge >= 0.3 is 0 Å². The molecule has 2 heteroatoms. The molecule has 0 saturated carbocycles. The number of thioether (sulfide) groups is 1. The van der Waals surface area contributed by atoms with E-state index < -0.39 is 0 Å². The molecule has 2 atom stereocenters. The van der Waals surface area contributed by atoms with Crippen LogP contribution in [0.4, 0.5) is 0 Å². The summed E-state index contributed by atoms with van der Waals surface area (Å²) in [5.41, 5.74) is 0.406. The zero-order chi connectivity index (χ0) is 10.8. The number of hydrogen-bond acceptors (Lipinski definition) is 2. The second kappa shape index (κ2) is 4.44. The standard InChI is InChI=1S/C12H24OS/c1-6-12(14-5)9-13-8-7-10(12)11(2,3)4/h10H,6-9H2,1-5H3. The van der Waals surface area contributed by atoms with E-state index in [-0.39, 0.29) is 0 Å². The van der Waals surface area contributed by atoms with Gasteiger partial charge in [0.25, 0.3) is 0 Å². The van der Waals surface area contributed by atoms with E-state index in [9.17, 15) is 0 Å². The summed E-state index contributed by atoms with van der Waals surface area (Å²) >= 11 is 2.00. The minimum absolute atomic E-state index is 0.358. The Balaban J connectivity index is 2.87. The van der Waals surface area contributed by atoms with Gasteiger partial charge in [-0.1, -0.05) is 27.7 Å². The van der Waals surface area contributed by atoms with Crippen molar-refractivity contribution in [2.45, 2.75) is 45.3 Å². The van der Waals surface area contributed by atoms with E-state index in [1.807, 2.05) is 11.8 Å². The van der Waals surface area contributed by atoms with Gasteiger partial charge in [0.2, 0.25) is 0 Å². The number of ether oxygens (including phenoxy) is 1. The van der Waals surface area contributed by atoms with Crippen LogP contribution in [0, 0.1) is 11.3 Å². The maximum absolute atomic E-state index is 5.67. The fourth-order valence-corrected chi connectivity index (χ4v) is 3.97. The van der Waals surface area contributed by atoms with Gasteiger partial charge in [-0.2, -0.15) is 11.8 Å². The summed E-state index contributed by atoms with van der Waals surface area (Å²) in [6, 6.07) is 0. The predicted molar refractivity (Wildman–Crippen MR) is 64.9 cm³/mol. The van der Waals surface area contributed by atoms with Crippen molar-refractivity contribution >= 4 is 11.8 Å². The van der Waals surface area contributed by atoms with Crippen LogP contribution in [-0.4, -0.2) is 24.2 Å². The second-order valence-electron chi connectivity index (χ2n) is 5.38. The fourth-order valence-electron chi connectivity index (χ4n) is 2.73. The average molecular weight is 216 g/mol. The van der Waals surface area contributed by atoms with Crippen LogP contribution in [0.1, 0.15) is 40.5 Å². The molecule has 0 amide bonds. The minimum atomic E-state index is 0.358. The normalized spacial score (nSPS) is 34.5. The average Bonchev–Trinajstić information content (AvgIpc) is 2.16. The maximum Gasteiger partial charge on any atom is 0.0615 e. The van der Waals surface area contributed by atoms with Crippen LogP contribution >= 0.6 is 11.8 Å². The quantitative estimate of drug-likeness (QED) is 0.698. The molecule has 1 aliphatic heterocycles. The molecule has 0 aromatic heterocycles. The Labute approximate surface area is 93.0 Å². The van der Waals surface area contributed by atoms with Gasteiger partial charge in [0.1, 0.15) is 0 Å². The smallest absolute Gasteiger partial charge is 0.0615 e. The van der Waals surface area contributed by atoms with Crippen molar-refractivity contribution in [1.29, 1.82) is 0 Å². The van der Waals surface area contributed by atoms with Crippen molar-refractivity contribution in [3.8, 4) is 0 Å². The Kier molecular flexibility index (Phi) is 3.93. The summed E-state index contributed by atoms with van der Waals surface area (Å²) in [7, 11) is 0. The molecule has 0 radical (unpaired) electrons. The highest BCUT2D eigenvalue weighted by Crippen LogP contribution is 2.48. The summed E-state index contributed by atoms with van der Waals surface area (Å²) in [6.45, 7) is 11.3. The van der Waals surface area contributed by atoms with Gasteiger partial charge < -0.3 is 4.74 Å². The van der Waals surface area contributed by atoms with Crippen molar-refractivity contribution in [1.82, 2.24) is 0 Å². The lowest BCUT2D eigenvalue weighted by Crippen LogP contribution is -2.48. The lowest BCUT2D eigenvalue weighted by Gasteiger charge is -2.48. The maximum atomic E-state index is 5.67. The molecular weight excluding hydrogens is 192 g/mol. The molecule has 2 unspecified atom stereocenters. The molecule has 0 aromatic carbocycles. The topological polar surface area (TPSA) is 9.23 Å². The molecule has 0 aliphatic carbocycles. The highest BCUT2D eigenvalue weighted by atomic mass is 32.2. The van der Waals surface area contributed by atoms with E-state index >= 15 is 0 Å². The molecule has 0 N–H and O–H groups in total. The van der Waals surface area contributed by atoms with Crippen LogP contribution in [-0.2, 0) is 4.74 Å². The van der Waals surface area contributed by atoms with Crippen molar-refractivity contribution in [3.63, 3.8) is 0 Å². The van der Waals surface area contributed by atoms with Gasteiger partial charge in [-0.05, 0) is 30.4 Å². The molecular formula is C12H24OS. The highest BCUT2D eigenvalue weighted by Gasteiger charge is 2.45. The first kappa shape index (κ1) is 12.4. The Hall–Kier alpha value is 0.310. The molecule has 1 saturated heterocycles. The van der Waals surface area contributed by atoms with Crippen LogP contribution in [0.5, 0.6) is 0 Å². The number of hydrogen-bond donors (Lipinski definition) is 0. The Bertz CT molecular complexity index is 179. The highest BCUT2D eigenvalue weighted by molar-refractivity contribution is 8.00. The van der Waals surface area contributed by atoms with Gasteiger partial charge in [-0.25, -0.2) is 0 Å². The SMILES string of the molecule is CCC1(SC)COCCC1C(C)(C)C. The Morgan fingerprint density at radius 2 is 2.07 bits per heavy atom. The first-order chi connectivity index (χ1) is 6.46. The van der Waals surface area contributed by atoms with Gasteiger partial charge in [0, 0.05) is 11.4 Å². The van der Waals surface area contributed by atoms with Crippen LogP contribution in [0.2, 0.25) is 0 Å². The number of rotatable bonds is 2. The second-order valence-corrected chi connectivity index (χ2v) is 6.60. The van der Waals surface area contributed by atoms with E-state index in [0.717, 1.165) is 19.1 Å². The molecule has 0 spiro atoms.